The van der Waals surface area contributed by atoms with E-state index in [1.807, 2.05) is 0 Å². The summed E-state index contributed by atoms with van der Waals surface area (Å²) in [5, 5.41) is 3.59. The van der Waals surface area contributed by atoms with E-state index in [1.54, 1.807) is 4.31 Å². The van der Waals surface area contributed by atoms with Crippen LogP contribution in [-0.4, -0.2) is 32.1 Å². The number of sulfonamides is 1. The molecule has 1 unspecified atom stereocenters. The van der Waals surface area contributed by atoms with E-state index in [0.29, 0.717) is 19.1 Å². The Bertz CT molecular complexity index is 698. The molecule has 0 bridgehead atoms. The van der Waals surface area contributed by atoms with E-state index >= 15 is 0 Å². The first kappa shape index (κ1) is 16.9. The molecule has 2 aliphatic rings. The normalized spacial score (nSPS) is 23.0. The number of benzene rings is 1. The second-order valence-electron chi connectivity index (χ2n) is 7.95. The predicted molar refractivity (Wildman–Crippen MR) is 94.1 cm³/mol. The SMILES string of the molecule is CC(C)(C)c1cc2c(c(C3CCCN3)c1)CN(S(C)(=O)=O)CC2. The fourth-order valence-corrected chi connectivity index (χ4v) is 4.44. The van der Waals surface area contributed by atoms with E-state index in [-0.39, 0.29) is 5.41 Å². The van der Waals surface area contributed by atoms with Crippen LogP contribution in [0.1, 0.15) is 61.9 Å². The molecule has 1 N–H and O–H groups in total. The Labute approximate surface area is 140 Å². The molecule has 2 heterocycles. The Kier molecular flexibility index (Phi) is 4.32. The second-order valence-corrected chi connectivity index (χ2v) is 9.93. The van der Waals surface area contributed by atoms with Gasteiger partial charge in [0.25, 0.3) is 0 Å². The van der Waals surface area contributed by atoms with Crippen LogP contribution in [0, 0.1) is 0 Å². The second kappa shape index (κ2) is 5.87. The van der Waals surface area contributed by atoms with Gasteiger partial charge in [-0.1, -0.05) is 32.9 Å². The molecule has 1 fully saturated rings. The Morgan fingerprint density at radius 3 is 2.57 bits per heavy atom. The van der Waals surface area contributed by atoms with E-state index < -0.39 is 10.0 Å². The summed E-state index contributed by atoms with van der Waals surface area (Å²) in [5.74, 6) is 0. The lowest BCUT2D eigenvalue weighted by atomic mass is 9.80. The Hall–Kier alpha value is -0.910. The zero-order valence-corrected chi connectivity index (χ0v) is 15.5. The molecule has 3 rings (SSSR count). The average molecular weight is 337 g/mol. The number of nitrogens with one attached hydrogen (secondary N) is 1. The van der Waals surface area contributed by atoms with Gasteiger partial charge in [0.05, 0.1) is 6.26 Å². The molecule has 5 heteroatoms. The fourth-order valence-electron chi connectivity index (χ4n) is 3.65. The van der Waals surface area contributed by atoms with Crippen LogP contribution < -0.4 is 5.32 Å². The van der Waals surface area contributed by atoms with E-state index in [0.717, 1.165) is 19.4 Å². The number of fused-ring (bicyclic) bond motifs is 1. The van der Waals surface area contributed by atoms with E-state index in [9.17, 15) is 8.42 Å². The molecular formula is C18H28N2O2S. The number of rotatable bonds is 2. The van der Waals surface area contributed by atoms with Crippen molar-refractivity contribution >= 4 is 10.0 Å². The molecule has 0 spiro atoms. The Morgan fingerprint density at radius 2 is 2.00 bits per heavy atom. The van der Waals surface area contributed by atoms with Crippen LogP contribution in [0.25, 0.3) is 0 Å². The number of nitrogens with zero attached hydrogens (tertiary/aromatic N) is 1. The molecule has 2 aliphatic heterocycles. The van der Waals surface area contributed by atoms with Crippen molar-refractivity contribution in [1.82, 2.24) is 9.62 Å². The minimum Gasteiger partial charge on any atom is -0.310 e. The van der Waals surface area contributed by atoms with Gasteiger partial charge < -0.3 is 5.32 Å². The van der Waals surface area contributed by atoms with Crippen molar-refractivity contribution in [2.75, 3.05) is 19.3 Å². The highest BCUT2D eigenvalue weighted by molar-refractivity contribution is 7.88. The van der Waals surface area contributed by atoms with Gasteiger partial charge in [0.15, 0.2) is 0 Å². The zero-order chi connectivity index (χ0) is 16.8. The van der Waals surface area contributed by atoms with Crippen LogP contribution in [0.2, 0.25) is 0 Å². The first-order chi connectivity index (χ1) is 10.7. The van der Waals surface area contributed by atoms with Gasteiger partial charge in [-0.05, 0) is 53.5 Å². The monoisotopic (exact) mass is 336 g/mol. The van der Waals surface area contributed by atoms with Gasteiger partial charge in [-0.3, -0.25) is 0 Å². The highest BCUT2D eigenvalue weighted by Crippen LogP contribution is 2.36. The van der Waals surface area contributed by atoms with Gasteiger partial charge >= 0.3 is 0 Å². The van der Waals surface area contributed by atoms with Crippen LogP contribution in [0.4, 0.5) is 0 Å². The summed E-state index contributed by atoms with van der Waals surface area (Å²) in [5.41, 5.74) is 5.34. The number of hydrogen-bond donors (Lipinski definition) is 1. The molecule has 0 saturated carbocycles. The maximum Gasteiger partial charge on any atom is 0.211 e. The summed E-state index contributed by atoms with van der Waals surface area (Å²) < 4.78 is 25.5. The molecule has 0 radical (unpaired) electrons. The topological polar surface area (TPSA) is 49.4 Å². The minimum absolute atomic E-state index is 0.107. The highest BCUT2D eigenvalue weighted by Gasteiger charge is 2.30. The first-order valence-corrected chi connectivity index (χ1v) is 10.4. The summed E-state index contributed by atoms with van der Waals surface area (Å²) in [7, 11) is -3.13. The zero-order valence-electron chi connectivity index (χ0n) is 14.6. The Morgan fingerprint density at radius 1 is 1.26 bits per heavy atom. The van der Waals surface area contributed by atoms with Crippen molar-refractivity contribution < 1.29 is 8.42 Å². The van der Waals surface area contributed by atoms with Gasteiger partial charge in [-0.2, -0.15) is 4.31 Å². The molecule has 128 valence electrons. The van der Waals surface area contributed by atoms with Crippen LogP contribution in [-0.2, 0) is 28.4 Å². The summed E-state index contributed by atoms with van der Waals surface area (Å²) in [6.07, 6.45) is 4.45. The predicted octanol–water partition coefficient (Wildman–Crippen LogP) is 2.73. The van der Waals surface area contributed by atoms with Crippen molar-refractivity contribution in [2.45, 2.75) is 58.0 Å². The molecule has 1 atom stereocenters. The molecule has 1 aromatic rings. The fraction of sp³-hybridized carbons (Fsp3) is 0.667. The van der Waals surface area contributed by atoms with Gasteiger partial charge in [0, 0.05) is 19.1 Å². The maximum absolute atomic E-state index is 12.0. The largest absolute Gasteiger partial charge is 0.310 e. The molecule has 1 saturated heterocycles. The van der Waals surface area contributed by atoms with Gasteiger partial charge in [0.2, 0.25) is 10.0 Å². The van der Waals surface area contributed by atoms with Gasteiger partial charge in [0.1, 0.15) is 0 Å². The standard InChI is InChI=1S/C18H28N2O2S/c1-18(2,3)14-10-13-7-9-20(23(4,21)22)12-16(13)15(11-14)17-6-5-8-19-17/h10-11,17,19H,5-9,12H2,1-4H3. The summed E-state index contributed by atoms with van der Waals surface area (Å²) >= 11 is 0. The number of hydrogen-bond acceptors (Lipinski definition) is 3. The average Bonchev–Trinajstić information content (AvgIpc) is 2.97. The minimum atomic E-state index is -3.13. The maximum atomic E-state index is 12.0. The highest BCUT2D eigenvalue weighted by atomic mass is 32.2. The third-order valence-electron chi connectivity index (χ3n) is 5.11. The van der Waals surface area contributed by atoms with Gasteiger partial charge in [-0.15, -0.1) is 0 Å². The van der Waals surface area contributed by atoms with Crippen LogP contribution in [0.5, 0.6) is 0 Å². The van der Waals surface area contributed by atoms with Crippen LogP contribution >= 0.6 is 0 Å². The summed E-state index contributed by atoms with van der Waals surface area (Å²) in [4.78, 5) is 0. The van der Waals surface area contributed by atoms with Crippen LogP contribution in [0.15, 0.2) is 12.1 Å². The quantitative estimate of drug-likeness (QED) is 0.903. The molecule has 23 heavy (non-hydrogen) atoms. The lowest BCUT2D eigenvalue weighted by Gasteiger charge is -2.32. The molecule has 0 aromatic heterocycles. The van der Waals surface area contributed by atoms with Crippen molar-refractivity contribution in [3.8, 4) is 0 Å². The lowest BCUT2D eigenvalue weighted by molar-refractivity contribution is 0.390. The molecular weight excluding hydrogens is 308 g/mol. The molecule has 4 nitrogen and oxygen atoms in total. The smallest absolute Gasteiger partial charge is 0.211 e. The third kappa shape index (κ3) is 3.47. The molecule has 0 aliphatic carbocycles. The first-order valence-electron chi connectivity index (χ1n) is 8.51. The van der Waals surface area contributed by atoms with Crippen molar-refractivity contribution in [3.05, 3.63) is 34.4 Å². The molecule has 1 aromatic carbocycles. The van der Waals surface area contributed by atoms with Crippen molar-refractivity contribution in [1.29, 1.82) is 0 Å². The van der Waals surface area contributed by atoms with E-state index in [2.05, 4.69) is 38.2 Å². The third-order valence-corrected chi connectivity index (χ3v) is 6.36. The van der Waals surface area contributed by atoms with Crippen molar-refractivity contribution in [3.63, 3.8) is 0 Å². The van der Waals surface area contributed by atoms with E-state index in [1.165, 1.54) is 34.9 Å². The molecule has 0 amide bonds. The van der Waals surface area contributed by atoms with Gasteiger partial charge in [-0.25, -0.2) is 8.42 Å². The Balaban J connectivity index is 2.08. The summed E-state index contributed by atoms with van der Waals surface area (Å²) in [6, 6.07) is 4.98. The summed E-state index contributed by atoms with van der Waals surface area (Å²) in [6.45, 7) is 8.89. The van der Waals surface area contributed by atoms with E-state index in [4.69, 9.17) is 0 Å². The van der Waals surface area contributed by atoms with Crippen molar-refractivity contribution in [2.24, 2.45) is 0 Å². The van der Waals surface area contributed by atoms with Crippen LogP contribution in [0.3, 0.4) is 0 Å². The lowest BCUT2D eigenvalue weighted by Crippen LogP contribution is -2.36.